The summed E-state index contributed by atoms with van der Waals surface area (Å²) < 4.78 is 13.0. The summed E-state index contributed by atoms with van der Waals surface area (Å²) >= 11 is 0. The molecule has 0 atom stereocenters. The van der Waals surface area contributed by atoms with Crippen molar-refractivity contribution in [3.63, 3.8) is 0 Å². The Kier molecular flexibility index (Phi) is 3.86. The second kappa shape index (κ2) is 5.96. The van der Waals surface area contributed by atoms with E-state index in [-0.39, 0.29) is 11.7 Å². The molecule has 3 rings (SSSR count). The van der Waals surface area contributed by atoms with E-state index in [4.69, 9.17) is 0 Å². The lowest BCUT2D eigenvalue weighted by Crippen LogP contribution is -2.53. The molecule has 1 aromatic heterocycles. The quantitative estimate of drug-likeness (QED) is 0.810. The number of β-amino-alcohol motifs (C(OH)–C–C–N with tert-alkyl or cyclic N) is 1. The number of aliphatic hydroxyl groups is 1. The van der Waals surface area contributed by atoms with E-state index >= 15 is 0 Å². The summed E-state index contributed by atoms with van der Waals surface area (Å²) in [6, 6.07) is 9.33. The van der Waals surface area contributed by atoms with Gasteiger partial charge >= 0.3 is 0 Å². The summed E-state index contributed by atoms with van der Waals surface area (Å²) in [7, 11) is 0. The number of hydrogen-bond acceptors (Lipinski definition) is 3. The minimum Gasteiger partial charge on any atom is -0.389 e. The van der Waals surface area contributed by atoms with Gasteiger partial charge in [-0.3, -0.25) is 4.79 Å². The number of aromatic nitrogens is 1. The molecule has 2 aromatic rings. The minimum absolute atomic E-state index is 0.199. The number of halogens is 1. The largest absolute Gasteiger partial charge is 0.389 e. The fourth-order valence-electron chi connectivity index (χ4n) is 2.09. The summed E-state index contributed by atoms with van der Waals surface area (Å²) in [5.74, 6) is 5.19. The van der Waals surface area contributed by atoms with Gasteiger partial charge in [0.25, 0.3) is 5.91 Å². The van der Waals surface area contributed by atoms with Gasteiger partial charge in [0.1, 0.15) is 11.5 Å². The summed E-state index contributed by atoms with van der Waals surface area (Å²) in [6.45, 7) is 0.698. The summed E-state index contributed by atoms with van der Waals surface area (Å²) in [5, 5.41) is 9.20. The van der Waals surface area contributed by atoms with Crippen LogP contribution in [0.5, 0.6) is 0 Å². The minimum atomic E-state index is -0.430. The van der Waals surface area contributed by atoms with Crippen molar-refractivity contribution >= 4 is 5.91 Å². The zero-order chi connectivity index (χ0) is 15.5. The smallest absolute Gasteiger partial charge is 0.272 e. The van der Waals surface area contributed by atoms with E-state index in [1.165, 1.54) is 23.2 Å². The fraction of sp³-hybridized carbons (Fsp3) is 0.176. The van der Waals surface area contributed by atoms with Crippen LogP contribution in [0, 0.1) is 17.7 Å². The molecule has 2 heterocycles. The van der Waals surface area contributed by atoms with Gasteiger partial charge in [-0.05, 0) is 30.3 Å². The molecule has 1 aliphatic heterocycles. The Labute approximate surface area is 127 Å². The molecule has 4 nitrogen and oxygen atoms in total. The van der Waals surface area contributed by atoms with E-state index in [2.05, 4.69) is 16.8 Å². The molecule has 1 amide bonds. The van der Waals surface area contributed by atoms with Gasteiger partial charge in [0, 0.05) is 30.4 Å². The maximum absolute atomic E-state index is 13.0. The number of rotatable bonds is 1. The van der Waals surface area contributed by atoms with Crippen LogP contribution in [0.3, 0.4) is 0 Å². The van der Waals surface area contributed by atoms with E-state index in [1.54, 1.807) is 24.3 Å². The van der Waals surface area contributed by atoms with Gasteiger partial charge in [-0.25, -0.2) is 9.37 Å². The molecule has 0 radical (unpaired) electrons. The molecule has 1 aromatic carbocycles. The molecule has 0 bridgehead atoms. The zero-order valence-corrected chi connectivity index (χ0v) is 11.7. The Bertz CT molecular complexity index is 756. The van der Waals surface area contributed by atoms with E-state index in [9.17, 15) is 14.3 Å². The van der Waals surface area contributed by atoms with Gasteiger partial charge in [-0.15, -0.1) is 0 Å². The van der Waals surface area contributed by atoms with Gasteiger partial charge in [-0.2, -0.15) is 0 Å². The predicted molar refractivity (Wildman–Crippen MR) is 78.5 cm³/mol. The van der Waals surface area contributed by atoms with Crippen LogP contribution in [0.25, 0.3) is 0 Å². The Morgan fingerprint density at radius 3 is 2.64 bits per heavy atom. The van der Waals surface area contributed by atoms with Gasteiger partial charge in [0.05, 0.1) is 6.10 Å². The van der Waals surface area contributed by atoms with E-state index in [0.29, 0.717) is 29.9 Å². The number of nitrogens with zero attached hydrogens (tertiary/aromatic N) is 2. The van der Waals surface area contributed by atoms with Crippen LogP contribution < -0.4 is 0 Å². The highest BCUT2D eigenvalue weighted by Crippen LogP contribution is 2.12. The topological polar surface area (TPSA) is 53.4 Å². The zero-order valence-electron chi connectivity index (χ0n) is 11.7. The number of pyridine rings is 1. The first-order valence-electron chi connectivity index (χ1n) is 6.83. The molecule has 0 unspecified atom stereocenters. The van der Waals surface area contributed by atoms with Crippen LogP contribution in [0.2, 0.25) is 0 Å². The lowest BCUT2D eigenvalue weighted by Gasteiger charge is -2.35. The standard InChI is InChI=1S/C17H13FN2O2/c18-14-3-1-2-12(8-14)4-5-13-6-7-16(19-9-13)17(22)20-10-15(21)11-20/h1-3,6-9,15,21H,10-11H2. The maximum Gasteiger partial charge on any atom is 0.272 e. The number of benzene rings is 1. The molecule has 22 heavy (non-hydrogen) atoms. The van der Waals surface area contributed by atoms with Crippen molar-refractivity contribution in [3.05, 3.63) is 65.2 Å². The maximum atomic E-state index is 13.0. The molecule has 1 aliphatic rings. The second-order valence-corrected chi connectivity index (χ2v) is 5.06. The Morgan fingerprint density at radius 2 is 2.00 bits per heavy atom. The number of carbonyl (C=O) groups is 1. The van der Waals surface area contributed by atoms with E-state index in [1.807, 2.05) is 0 Å². The van der Waals surface area contributed by atoms with Crippen molar-refractivity contribution in [3.8, 4) is 11.8 Å². The third kappa shape index (κ3) is 3.13. The molecule has 1 N–H and O–H groups in total. The van der Waals surface area contributed by atoms with Gasteiger partial charge in [0.2, 0.25) is 0 Å². The van der Waals surface area contributed by atoms with Crippen molar-refractivity contribution in [2.24, 2.45) is 0 Å². The van der Waals surface area contributed by atoms with Crippen LogP contribution in [0.4, 0.5) is 4.39 Å². The van der Waals surface area contributed by atoms with Gasteiger partial charge in [0.15, 0.2) is 0 Å². The summed E-state index contributed by atoms with van der Waals surface area (Å²) in [6.07, 6.45) is 1.08. The summed E-state index contributed by atoms with van der Waals surface area (Å²) in [4.78, 5) is 17.6. The average Bonchev–Trinajstić information content (AvgIpc) is 2.50. The Morgan fingerprint density at radius 1 is 1.23 bits per heavy atom. The first-order valence-corrected chi connectivity index (χ1v) is 6.83. The number of amides is 1. The summed E-state index contributed by atoms with van der Waals surface area (Å²) in [5.41, 5.74) is 1.54. The van der Waals surface area contributed by atoms with Crippen LogP contribution >= 0.6 is 0 Å². The second-order valence-electron chi connectivity index (χ2n) is 5.06. The monoisotopic (exact) mass is 296 g/mol. The lowest BCUT2D eigenvalue weighted by atomic mass is 10.1. The first-order chi connectivity index (χ1) is 10.6. The molecule has 0 saturated carbocycles. The Balaban J connectivity index is 1.71. The normalized spacial score (nSPS) is 14.0. The van der Waals surface area contributed by atoms with Crippen molar-refractivity contribution in [1.82, 2.24) is 9.88 Å². The SMILES string of the molecule is O=C(c1ccc(C#Cc2cccc(F)c2)cn1)N1CC(O)C1. The van der Waals surface area contributed by atoms with Gasteiger partial charge in [-0.1, -0.05) is 17.9 Å². The Hall–Kier alpha value is -2.71. The molecular weight excluding hydrogens is 283 g/mol. The number of aliphatic hydroxyl groups excluding tert-OH is 1. The molecule has 0 aliphatic carbocycles. The molecule has 0 spiro atoms. The number of hydrogen-bond donors (Lipinski definition) is 1. The fourth-order valence-corrected chi connectivity index (χ4v) is 2.09. The third-order valence-corrected chi connectivity index (χ3v) is 3.31. The molecule has 1 fully saturated rings. The average molecular weight is 296 g/mol. The van der Waals surface area contributed by atoms with Gasteiger partial charge < -0.3 is 10.0 Å². The number of carbonyl (C=O) groups excluding carboxylic acids is 1. The molecular formula is C17H13FN2O2. The highest BCUT2D eigenvalue weighted by molar-refractivity contribution is 5.92. The van der Waals surface area contributed by atoms with E-state index < -0.39 is 6.10 Å². The number of likely N-dealkylation sites (tertiary alicyclic amines) is 1. The van der Waals surface area contributed by atoms with Crippen molar-refractivity contribution in [2.75, 3.05) is 13.1 Å². The predicted octanol–water partition coefficient (Wildman–Crippen LogP) is 1.44. The molecule has 5 heteroatoms. The van der Waals surface area contributed by atoms with Crippen LogP contribution in [-0.2, 0) is 0 Å². The molecule has 1 saturated heterocycles. The third-order valence-electron chi connectivity index (χ3n) is 3.31. The van der Waals surface area contributed by atoms with Crippen molar-refractivity contribution in [2.45, 2.75) is 6.10 Å². The van der Waals surface area contributed by atoms with E-state index in [0.717, 1.165) is 0 Å². The van der Waals surface area contributed by atoms with Crippen molar-refractivity contribution in [1.29, 1.82) is 0 Å². The highest BCUT2D eigenvalue weighted by Gasteiger charge is 2.29. The molecule has 110 valence electrons. The lowest BCUT2D eigenvalue weighted by molar-refractivity contribution is 0.00550. The van der Waals surface area contributed by atoms with Crippen LogP contribution in [0.15, 0.2) is 42.6 Å². The van der Waals surface area contributed by atoms with Crippen LogP contribution in [-0.4, -0.2) is 40.1 Å². The highest BCUT2D eigenvalue weighted by atomic mass is 19.1. The first kappa shape index (κ1) is 14.2. The van der Waals surface area contributed by atoms with Crippen LogP contribution in [0.1, 0.15) is 21.6 Å². The van der Waals surface area contributed by atoms with Crippen molar-refractivity contribution < 1.29 is 14.3 Å².